The van der Waals surface area contributed by atoms with Gasteiger partial charge in [-0.15, -0.1) is 0 Å². The first-order valence-electron chi connectivity index (χ1n) is 0. The van der Waals surface area contributed by atoms with Gasteiger partial charge in [-0.3, -0.25) is 0 Å². The Hall–Kier alpha value is 2.18. The van der Waals surface area contributed by atoms with E-state index in [2.05, 4.69) is 0 Å². The molecule has 0 aliphatic carbocycles. The molecule has 0 nitrogen and oxygen atoms in total. The second kappa shape index (κ2) is 19.0. The second-order valence-electron chi connectivity index (χ2n) is 0. The van der Waals surface area contributed by atoms with E-state index in [4.69, 9.17) is 0 Å². The topological polar surface area (TPSA) is 0 Å². The third-order valence-corrected chi connectivity index (χ3v) is 0. The zero-order valence-corrected chi connectivity index (χ0v) is 6.88. The van der Waals surface area contributed by atoms with Crippen molar-refractivity contribution >= 4 is 9.90 Å². The summed E-state index contributed by atoms with van der Waals surface area (Å²) < 4.78 is 0. The van der Waals surface area contributed by atoms with Gasteiger partial charge in [-0.2, -0.15) is 9.90 Å². The molecule has 1 atom stereocenters. The van der Waals surface area contributed by atoms with Gasteiger partial charge in [0.15, 0.2) is 0 Å². The average Bonchev–Trinajstić information content (AvgIpc) is 0. The van der Waals surface area contributed by atoms with E-state index in [1.165, 1.54) is 0 Å². The fraction of sp³-hybridized carbons (Fsp3) is 0. The molecular formula is H3CuFePTi. The summed E-state index contributed by atoms with van der Waals surface area (Å²) in [5, 5.41) is 0. The zero-order chi connectivity index (χ0) is 0. The Kier molecular flexibility index (Phi) is 166. The Balaban J connectivity index is 0. The molecule has 0 spiro atoms. The van der Waals surface area contributed by atoms with E-state index in [-0.39, 0.29) is 65.8 Å². The van der Waals surface area contributed by atoms with Crippen LogP contribution in [0.3, 0.4) is 0 Å². The van der Waals surface area contributed by atoms with Gasteiger partial charge in [0.05, 0.1) is 0 Å². The normalized spacial score (nSPS) is 0. The minimum Gasteiger partial charge on any atom is -0.153 e. The van der Waals surface area contributed by atoms with E-state index >= 15 is 0 Å². The minimum atomic E-state index is 0. The molecule has 0 bridgehead atoms. The molecule has 0 amide bonds. The molecule has 0 heterocycles. The van der Waals surface area contributed by atoms with Crippen molar-refractivity contribution in [1.29, 1.82) is 0 Å². The van der Waals surface area contributed by atoms with Crippen molar-refractivity contribution in [2.75, 3.05) is 0 Å². The smallest absolute Gasteiger partial charge is 0 e. The number of hydrogen-bond acceptors (Lipinski definition) is 0. The molecular weight excluding hydrogens is 198 g/mol. The van der Waals surface area contributed by atoms with Gasteiger partial charge in [0.2, 0.25) is 0 Å². The molecule has 0 aliphatic heterocycles. The van der Waals surface area contributed by atoms with E-state index < -0.39 is 0 Å². The average molecular weight is 201 g/mol. The molecule has 0 N–H and O–H groups in total. The Morgan fingerprint density at radius 1 is 1.00 bits per heavy atom. The molecule has 0 rings (SSSR count). The molecule has 4 heteroatoms. The SMILES string of the molecule is P.[Cu].[Fe].[Ti]. The zero-order valence-electron chi connectivity index (χ0n) is 1.86. The molecule has 0 aromatic carbocycles. The predicted molar refractivity (Wildman–Crippen MR) is 11.1 cm³/mol. The van der Waals surface area contributed by atoms with Gasteiger partial charge >= 0.3 is 0 Å². The van der Waals surface area contributed by atoms with Crippen molar-refractivity contribution in [3.05, 3.63) is 0 Å². The Labute approximate surface area is 65.3 Å². The van der Waals surface area contributed by atoms with Gasteiger partial charge in [0.1, 0.15) is 0 Å². The summed E-state index contributed by atoms with van der Waals surface area (Å²) in [6.07, 6.45) is 0. The van der Waals surface area contributed by atoms with Crippen LogP contribution < -0.4 is 0 Å². The molecule has 31 valence electrons. The van der Waals surface area contributed by atoms with Crippen LogP contribution in [-0.4, -0.2) is 0 Å². The van der Waals surface area contributed by atoms with Crippen molar-refractivity contribution in [3.63, 3.8) is 0 Å². The minimum absolute atomic E-state index is 0. The fourth-order valence-corrected chi connectivity index (χ4v) is 0. The second-order valence-corrected chi connectivity index (χ2v) is 0. The van der Waals surface area contributed by atoms with E-state index in [9.17, 15) is 0 Å². The van der Waals surface area contributed by atoms with Crippen molar-refractivity contribution in [2.45, 2.75) is 0 Å². The third-order valence-electron chi connectivity index (χ3n) is 0. The van der Waals surface area contributed by atoms with Gasteiger partial charge in [-0.05, 0) is 0 Å². The van der Waals surface area contributed by atoms with Gasteiger partial charge in [-0.25, -0.2) is 0 Å². The first-order valence-corrected chi connectivity index (χ1v) is 0. The van der Waals surface area contributed by atoms with Crippen LogP contribution in [0.2, 0.25) is 0 Å². The summed E-state index contributed by atoms with van der Waals surface area (Å²) in [7, 11) is 0. The number of rotatable bonds is 0. The molecule has 0 saturated heterocycles. The first kappa shape index (κ1) is 34.9. The maximum Gasteiger partial charge on any atom is 0 e. The van der Waals surface area contributed by atoms with Gasteiger partial charge in [-0.1, -0.05) is 0 Å². The molecule has 1 radical (unpaired) electrons. The summed E-state index contributed by atoms with van der Waals surface area (Å²) in [5.41, 5.74) is 0. The molecule has 4 heavy (non-hydrogen) atoms. The Morgan fingerprint density at radius 3 is 1.00 bits per heavy atom. The summed E-state index contributed by atoms with van der Waals surface area (Å²) in [5.74, 6) is 0. The molecule has 0 aliphatic rings. The van der Waals surface area contributed by atoms with Crippen molar-refractivity contribution in [2.24, 2.45) is 0 Å². The quantitative estimate of drug-likeness (QED) is 0.384. The standard InChI is InChI=1S/Cu.Fe.H3P.Ti/h;;1H3;. The van der Waals surface area contributed by atoms with E-state index in [1.807, 2.05) is 0 Å². The maximum absolute atomic E-state index is 0. The van der Waals surface area contributed by atoms with E-state index in [1.54, 1.807) is 0 Å². The summed E-state index contributed by atoms with van der Waals surface area (Å²) >= 11 is 0. The molecule has 0 aromatic rings. The number of hydrogen-bond donors (Lipinski definition) is 0. The third kappa shape index (κ3) is 8.89. The van der Waals surface area contributed by atoms with Gasteiger partial charge in [0.25, 0.3) is 0 Å². The van der Waals surface area contributed by atoms with Crippen molar-refractivity contribution < 1.29 is 55.9 Å². The summed E-state index contributed by atoms with van der Waals surface area (Å²) in [4.78, 5) is 0. The van der Waals surface area contributed by atoms with Crippen molar-refractivity contribution in [3.8, 4) is 0 Å². The fourth-order valence-electron chi connectivity index (χ4n) is 0. The Bertz CT molecular complexity index is 8.00. The van der Waals surface area contributed by atoms with Crippen LogP contribution in [0.15, 0.2) is 0 Å². The summed E-state index contributed by atoms with van der Waals surface area (Å²) in [6, 6.07) is 0. The van der Waals surface area contributed by atoms with Crippen LogP contribution in [-0.2, 0) is 55.9 Å². The molecule has 0 saturated carbocycles. The van der Waals surface area contributed by atoms with Crippen molar-refractivity contribution in [1.82, 2.24) is 0 Å². The monoisotopic (exact) mass is 201 g/mol. The van der Waals surface area contributed by atoms with Crippen LogP contribution in [0.1, 0.15) is 0 Å². The van der Waals surface area contributed by atoms with Crippen LogP contribution in [0, 0.1) is 0 Å². The predicted octanol–water partition coefficient (Wildman–Crippen LogP) is 0.0506. The van der Waals surface area contributed by atoms with Gasteiger partial charge in [0, 0.05) is 55.9 Å². The molecule has 0 aromatic heterocycles. The molecule has 1 unspecified atom stereocenters. The maximum atomic E-state index is 0. The largest absolute Gasteiger partial charge is 0.153 e. The van der Waals surface area contributed by atoms with E-state index in [0.29, 0.717) is 0 Å². The van der Waals surface area contributed by atoms with E-state index in [0.717, 1.165) is 0 Å². The molecule has 0 fully saturated rings. The van der Waals surface area contributed by atoms with Crippen LogP contribution in [0.25, 0.3) is 0 Å². The van der Waals surface area contributed by atoms with Gasteiger partial charge < -0.3 is 0 Å². The van der Waals surface area contributed by atoms with Crippen LogP contribution in [0.4, 0.5) is 0 Å². The summed E-state index contributed by atoms with van der Waals surface area (Å²) in [6.45, 7) is 0. The van der Waals surface area contributed by atoms with Crippen LogP contribution >= 0.6 is 9.90 Å². The Morgan fingerprint density at radius 2 is 1.00 bits per heavy atom. The first-order chi connectivity index (χ1) is 0. The van der Waals surface area contributed by atoms with Crippen LogP contribution in [0.5, 0.6) is 0 Å².